The minimum absolute atomic E-state index is 0.101. The molecule has 0 spiro atoms. The second kappa shape index (κ2) is 8.08. The molecule has 3 heterocycles. The third-order valence-electron chi connectivity index (χ3n) is 5.89. The van der Waals surface area contributed by atoms with Crippen molar-refractivity contribution >= 4 is 0 Å². The molecule has 0 unspecified atom stereocenters. The van der Waals surface area contributed by atoms with Gasteiger partial charge in [-0.1, -0.05) is 23.8 Å². The fraction of sp³-hybridized carbons (Fsp3) is 0.391. The Morgan fingerprint density at radius 2 is 1.70 bits per heavy atom. The zero-order valence-corrected chi connectivity index (χ0v) is 17.4. The van der Waals surface area contributed by atoms with E-state index in [-0.39, 0.29) is 6.04 Å². The number of aromatic nitrogens is 2. The standard InChI is InChI=1S/C23H26N4O3/c1-16-3-6-19(7-4-16)23-25-24-22(30-23)17(2)27-11-9-26(10-12-27)14-18-5-8-20-21(13-18)29-15-28-20/h3-8,13,17H,9-12,14-15H2,1-2H3/t17-/m0/s1. The van der Waals surface area contributed by atoms with Crippen LogP contribution in [-0.4, -0.2) is 53.0 Å². The topological polar surface area (TPSA) is 63.9 Å². The van der Waals surface area contributed by atoms with E-state index in [1.807, 2.05) is 18.2 Å². The summed E-state index contributed by atoms with van der Waals surface area (Å²) in [6.45, 7) is 9.36. The Hall–Kier alpha value is -2.90. The smallest absolute Gasteiger partial charge is 0.247 e. The van der Waals surface area contributed by atoms with Crippen LogP contribution in [0.3, 0.4) is 0 Å². The molecule has 1 fully saturated rings. The van der Waals surface area contributed by atoms with Crippen LogP contribution < -0.4 is 9.47 Å². The van der Waals surface area contributed by atoms with Crippen molar-refractivity contribution in [1.29, 1.82) is 0 Å². The van der Waals surface area contributed by atoms with Crippen molar-refractivity contribution in [2.24, 2.45) is 0 Å². The molecule has 1 saturated heterocycles. The summed E-state index contributed by atoms with van der Waals surface area (Å²) in [5.41, 5.74) is 3.42. The molecule has 3 aromatic rings. The van der Waals surface area contributed by atoms with Crippen molar-refractivity contribution in [2.45, 2.75) is 26.4 Å². The highest BCUT2D eigenvalue weighted by molar-refractivity contribution is 5.52. The van der Waals surface area contributed by atoms with Gasteiger partial charge in [0.25, 0.3) is 0 Å². The van der Waals surface area contributed by atoms with E-state index in [1.54, 1.807) is 0 Å². The molecule has 0 N–H and O–H groups in total. The van der Waals surface area contributed by atoms with Crippen LogP contribution in [0.1, 0.15) is 30.0 Å². The van der Waals surface area contributed by atoms with Crippen molar-refractivity contribution in [2.75, 3.05) is 33.0 Å². The lowest BCUT2D eigenvalue weighted by Crippen LogP contribution is -2.46. The van der Waals surface area contributed by atoms with Crippen molar-refractivity contribution in [1.82, 2.24) is 20.0 Å². The summed E-state index contributed by atoms with van der Waals surface area (Å²) in [6, 6.07) is 14.5. The molecule has 7 heteroatoms. The van der Waals surface area contributed by atoms with Gasteiger partial charge in [0.15, 0.2) is 11.5 Å². The normalized spacial score (nSPS) is 17.9. The summed E-state index contributed by atoms with van der Waals surface area (Å²) in [5, 5.41) is 8.57. The van der Waals surface area contributed by atoms with Gasteiger partial charge in [0.1, 0.15) is 0 Å². The first-order valence-corrected chi connectivity index (χ1v) is 10.4. The molecule has 30 heavy (non-hydrogen) atoms. The lowest BCUT2D eigenvalue weighted by molar-refractivity contribution is 0.0875. The fourth-order valence-electron chi connectivity index (χ4n) is 3.98. The van der Waals surface area contributed by atoms with Crippen molar-refractivity contribution in [3.8, 4) is 23.0 Å². The molecule has 156 valence electrons. The monoisotopic (exact) mass is 406 g/mol. The van der Waals surface area contributed by atoms with Gasteiger partial charge in [0, 0.05) is 38.3 Å². The van der Waals surface area contributed by atoms with E-state index in [0.29, 0.717) is 18.6 Å². The Kier molecular flexibility index (Phi) is 5.14. The molecule has 0 aliphatic carbocycles. The summed E-state index contributed by atoms with van der Waals surface area (Å²) in [5.74, 6) is 2.94. The summed E-state index contributed by atoms with van der Waals surface area (Å²) in [4.78, 5) is 4.87. The van der Waals surface area contributed by atoms with Gasteiger partial charge in [-0.2, -0.15) is 0 Å². The van der Waals surface area contributed by atoms with E-state index in [4.69, 9.17) is 13.9 Å². The number of ether oxygens (including phenoxy) is 2. The maximum absolute atomic E-state index is 5.99. The number of fused-ring (bicyclic) bond motifs is 1. The predicted octanol–water partition coefficient (Wildman–Crippen LogP) is 3.65. The van der Waals surface area contributed by atoms with Gasteiger partial charge in [-0.3, -0.25) is 9.80 Å². The van der Waals surface area contributed by atoms with Crippen molar-refractivity contribution in [3.63, 3.8) is 0 Å². The minimum atomic E-state index is 0.101. The van der Waals surface area contributed by atoms with E-state index in [0.717, 1.165) is 49.8 Å². The van der Waals surface area contributed by atoms with Crippen LogP contribution in [0, 0.1) is 6.92 Å². The Bertz CT molecular complexity index is 1010. The number of aryl methyl sites for hydroxylation is 1. The zero-order chi connectivity index (χ0) is 20.5. The average Bonchev–Trinajstić information content (AvgIpc) is 3.44. The van der Waals surface area contributed by atoms with Crippen LogP contribution in [-0.2, 0) is 6.54 Å². The molecule has 2 aromatic carbocycles. The predicted molar refractivity (Wildman–Crippen MR) is 112 cm³/mol. The summed E-state index contributed by atoms with van der Waals surface area (Å²) >= 11 is 0. The Morgan fingerprint density at radius 1 is 0.933 bits per heavy atom. The van der Waals surface area contributed by atoms with Gasteiger partial charge < -0.3 is 13.9 Å². The summed E-state index contributed by atoms with van der Waals surface area (Å²) < 4.78 is 16.9. The van der Waals surface area contributed by atoms with Gasteiger partial charge in [0.05, 0.1) is 6.04 Å². The molecule has 1 aromatic heterocycles. The number of hydrogen-bond acceptors (Lipinski definition) is 7. The molecule has 2 aliphatic heterocycles. The second-order valence-electron chi connectivity index (χ2n) is 7.99. The molecule has 0 saturated carbocycles. The molecular formula is C23H26N4O3. The van der Waals surface area contributed by atoms with Crippen molar-refractivity contribution in [3.05, 3.63) is 59.5 Å². The van der Waals surface area contributed by atoms with Crippen LogP contribution in [0.15, 0.2) is 46.9 Å². The number of piperazine rings is 1. The Balaban J connectivity index is 1.18. The number of rotatable bonds is 5. The van der Waals surface area contributed by atoms with Gasteiger partial charge in [-0.05, 0) is 43.7 Å². The first-order valence-electron chi connectivity index (χ1n) is 10.4. The van der Waals surface area contributed by atoms with E-state index in [9.17, 15) is 0 Å². The lowest BCUT2D eigenvalue weighted by atomic mass is 10.1. The van der Waals surface area contributed by atoms with E-state index >= 15 is 0 Å². The first kappa shape index (κ1) is 19.1. The van der Waals surface area contributed by atoms with E-state index < -0.39 is 0 Å². The third kappa shape index (κ3) is 3.91. The molecule has 0 amide bonds. The summed E-state index contributed by atoms with van der Waals surface area (Å²) in [6.07, 6.45) is 0. The Morgan fingerprint density at radius 3 is 2.50 bits per heavy atom. The third-order valence-corrected chi connectivity index (χ3v) is 5.89. The van der Waals surface area contributed by atoms with Gasteiger partial charge in [0.2, 0.25) is 18.6 Å². The largest absolute Gasteiger partial charge is 0.454 e. The number of nitrogens with zero attached hydrogens (tertiary/aromatic N) is 4. The molecule has 1 atom stereocenters. The quantitative estimate of drug-likeness (QED) is 0.641. The van der Waals surface area contributed by atoms with Crippen molar-refractivity contribution < 1.29 is 13.9 Å². The highest BCUT2D eigenvalue weighted by Gasteiger charge is 2.26. The maximum atomic E-state index is 5.99. The highest BCUT2D eigenvalue weighted by Crippen LogP contribution is 2.33. The zero-order valence-electron chi connectivity index (χ0n) is 17.4. The SMILES string of the molecule is Cc1ccc(-c2nnc([C@H](C)N3CCN(Cc4ccc5c(c4)OCO5)CC3)o2)cc1. The molecule has 0 radical (unpaired) electrons. The van der Waals surface area contributed by atoms with Crippen LogP contribution >= 0.6 is 0 Å². The van der Waals surface area contributed by atoms with Gasteiger partial charge in [-0.15, -0.1) is 10.2 Å². The lowest BCUT2D eigenvalue weighted by Gasteiger charge is -2.36. The minimum Gasteiger partial charge on any atom is -0.454 e. The second-order valence-corrected chi connectivity index (χ2v) is 7.99. The number of hydrogen-bond donors (Lipinski definition) is 0. The van der Waals surface area contributed by atoms with E-state index in [1.165, 1.54) is 11.1 Å². The molecule has 0 bridgehead atoms. The molecule has 2 aliphatic rings. The van der Waals surface area contributed by atoms with Crippen LogP contribution in [0.5, 0.6) is 11.5 Å². The Labute approximate surface area is 176 Å². The van der Waals surface area contributed by atoms with Crippen LogP contribution in [0.4, 0.5) is 0 Å². The molecular weight excluding hydrogens is 380 g/mol. The summed E-state index contributed by atoms with van der Waals surface area (Å²) in [7, 11) is 0. The fourth-order valence-corrected chi connectivity index (χ4v) is 3.98. The van der Waals surface area contributed by atoms with Gasteiger partial charge in [-0.25, -0.2) is 0 Å². The van der Waals surface area contributed by atoms with Crippen LogP contribution in [0.25, 0.3) is 11.5 Å². The molecule has 7 nitrogen and oxygen atoms in total. The molecule has 5 rings (SSSR count). The highest BCUT2D eigenvalue weighted by atomic mass is 16.7. The van der Waals surface area contributed by atoms with Crippen LogP contribution in [0.2, 0.25) is 0 Å². The first-order chi connectivity index (χ1) is 14.7. The van der Waals surface area contributed by atoms with Gasteiger partial charge >= 0.3 is 0 Å². The maximum Gasteiger partial charge on any atom is 0.247 e. The number of benzene rings is 2. The van der Waals surface area contributed by atoms with E-state index in [2.05, 4.69) is 58.1 Å². The average molecular weight is 406 g/mol.